The number of thioether (sulfide) groups is 1. The number of nitrogens with zero attached hydrogens (tertiary/aromatic N) is 1. The Morgan fingerprint density at radius 2 is 1.60 bits per heavy atom. The summed E-state index contributed by atoms with van der Waals surface area (Å²) < 4.78 is 5.99. The molecule has 2 aliphatic heterocycles. The van der Waals surface area contributed by atoms with E-state index in [0.29, 0.717) is 32.6 Å². The van der Waals surface area contributed by atoms with Gasteiger partial charge in [-0.1, -0.05) is 76.7 Å². The van der Waals surface area contributed by atoms with Gasteiger partial charge < -0.3 is 15.0 Å². The normalized spacial score (nSPS) is 19.8. The summed E-state index contributed by atoms with van der Waals surface area (Å²) in [7, 11) is 0. The van der Waals surface area contributed by atoms with Gasteiger partial charge in [0.05, 0.1) is 16.6 Å². The predicted octanol–water partition coefficient (Wildman–Crippen LogP) is 4.87. The molecule has 40 heavy (non-hydrogen) atoms. The number of aryl methyl sites for hydroxylation is 2. The molecule has 0 aliphatic carbocycles. The standard InChI is InChI=1S/C30H25N3O5S2/c1-16-7-11-18(12-8-16)31-22(34)15-38-21-6-4-3-5-20(21)23-24-26(39-27-25(23)40-30(37)32-27)29(36)33(28(24)35)19-13-9-17(2)10-14-19/h3-14,23-24,26H,15H2,1-2H3,(H,31,34)(H,32,37). The molecule has 0 bridgehead atoms. The molecule has 0 saturated carbocycles. The van der Waals surface area contributed by atoms with E-state index >= 15 is 0 Å². The van der Waals surface area contributed by atoms with Crippen LogP contribution in [0.4, 0.5) is 11.4 Å². The number of H-pyrrole nitrogens is 1. The lowest BCUT2D eigenvalue weighted by atomic mass is 9.82. The Hall–Kier alpha value is -4.15. The van der Waals surface area contributed by atoms with Gasteiger partial charge in [0, 0.05) is 22.0 Å². The van der Waals surface area contributed by atoms with Crippen molar-refractivity contribution in [2.24, 2.45) is 5.92 Å². The van der Waals surface area contributed by atoms with Crippen LogP contribution in [0.2, 0.25) is 0 Å². The third kappa shape index (κ3) is 4.73. The van der Waals surface area contributed by atoms with Gasteiger partial charge in [-0.2, -0.15) is 0 Å². The van der Waals surface area contributed by atoms with Crippen molar-refractivity contribution in [3.8, 4) is 5.75 Å². The van der Waals surface area contributed by atoms with Crippen LogP contribution in [0, 0.1) is 19.8 Å². The number of imide groups is 1. The molecule has 1 fully saturated rings. The van der Waals surface area contributed by atoms with Crippen LogP contribution in [0.1, 0.15) is 27.5 Å². The molecule has 6 rings (SSSR count). The third-order valence-corrected chi connectivity index (χ3v) is 9.47. The molecule has 1 aromatic heterocycles. The number of fused-ring (bicyclic) bond motifs is 2. The van der Waals surface area contributed by atoms with Crippen LogP contribution in [0.15, 0.2) is 82.6 Å². The number of benzene rings is 3. The van der Waals surface area contributed by atoms with Crippen LogP contribution in [0.25, 0.3) is 0 Å². The average Bonchev–Trinajstić information content (AvgIpc) is 3.44. The Morgan fingerprint density at radius 1 is 0.925 bits per heavy atom. The molecule has 2 N–H and O–H groups in total. The zero-order valence-corrected chi connectivity index (χ0v) is 23.3. The second-order valence-corrected chi connectivity index (χ2v) is 12.0. The molecular weight excluding hydrogens is 546 g/mol. The minimum absolute atomic E-state index is 0.251. The highest BCUT2D eigenvalue weighted by atomic mass is 32.2. The fraction of sp³-hybridized carbons (Fsp3) is 0.200. The molecule has 8 nitrogen and oxygen atoms in total. The minimum Gasteiger partial charge on any atom is -0.483 e. The molecule has 0 radical (unpaired) electrons. The van der Waals surface area contributed by atoms with Crippen LogP contribution in [-0.4, -0.2) is 34.6 Å². The fourth-order valence-electron chi connectivity index (χ4n) is 5.15. The number of anilines is 2. The summed E-state index contributed by atoms with van der Waals surface area (Å²) in [6.45, 7) is 3.66. The van der Waals surface area contributed by atoms with Gasteiger partial charge in [0.1, 0.15) is 11.0 Å². The van der Waals surface area contributed by atoms with Crippen molar-refractivity contribution in [1.29, 1.82) is 0 Å². The van der Waals surface area contributed by atoms with Crippen molar-refractivity contribution in [1.82, 2.24) is 4.98 Å². The maximum Gasteiger partial charge on any atom is 0.305 e. The van der Waals surface area contributed by atoms with Crippen LogP contribution in [0.3, 0.4) is 0 Å². The summed E-state index contributed by atoms with van der Waals surface area (Å²) in [6, 6.07) is 21.9. The first kappa shape index (κ1) is 26.1. The summed E-state index contributed by atoms with van der Waals surface area (Å²) in [4.78, 5) is 57.2. The van der Waals surface area contributed by atoms with Crippen LogP contribution in [0.5, 0.6) is 5.75 Å². The number of para-hydroxylation sites is 1. The lowest BCUT2D eigenvalue weighted by Gasteiger charge is -2.30. The van der Waals surface area contributed by atoms with Gasteiger partial charge in [0.25, 0.3) is 5.91 Å². The predicted molar refractivity (Wildman–Crippen MR) is 155 cm³/mol. The molecule has 10 heteroatoms. The second-order valence-electron chi connectivity index (χ2n) is 9.84. The van der Waals surface area contributed by atoms with Crippen molar-refractivity contribution in [2.75, 3.05) is 16.8 Å². The number of hydrogen-bond acceptors (Lipinski definition) is 7. The Kier molecular flexibility index (Phi) is 6.81. The number of ether oxygens (including phenoxy) is 1. The van der Waals surface area contributed by atoms with Crippen LogP contribution in [-0.2, 0) is 14.4 Å². The van der Waals surface area contributed by atoms with Crippen molar-refractivity contribution in [3.63, 3.8) is 0 Å². The molecule has 202 valence electrons. The SMILES string of the molecule is Cc1ccc(NC(=O)COc2ccccc2C2c3sc(=O)[nH]c3SC3C(=O)N(c4ccc(C)cc4)C(=O)C32)cc1. The molecule has 4 aromatic rings. The molecule has 0 spiro atoms. The highest BCUT2D eigenvalue weighted by Gasteiger charge is 2.56. The second kappa shape index (κ2) is 10.4. The first-order valence-corrected chi connectivity index (χ1v) is 14.4. The Bertz CT molecular complexity index is 1680. The quantitative estimate of drug-likeness (QED) is 0.320. The topological polar surface area (TPSA) is 109 Å². The van der Waals surface area contributed by atoms with Crippen molar-refractivity contribution in [3.05, 3.63) is 104 Å². The van der Waals surface area contributed by atoms with Gasteiger partial charge in [-0.05, 0) is 44.2 Å². The lowest BCUT2D eigenvalue weighted by molar-refractivity contribution is -0.122. The zero-order chi connectivity index (χ0) is 28.0. The monoisotopic (exact) mass is 571 g/mol. The van der Waals surface area contributed by atoms with E-state index < -0.39 is 17.1 Å². The summed E-state index contributed by atoms with van der Waals surface area (Å²) in [5.74, 6) is -1.91. The smallest absolute Gasteiger partial charge is 0.305 e. The van der Waals surface area contributed by atoms with Gasteiger partial charge in [0.15, 0.2) is 6.61 Å². The molecule has 3 amide bonds. The number of aromatic nitrogens is 1. The van der Waals surface area contributed by atoms with Crippen LogP contribution < -0.4 is 19.8 Å². The summed E-state index contributed by atoms with van der Waals surface area (Å²) in [6.07, 6.45) is 0. The maximum absolute atomic E-state index is 13.9. The molecule has 3 heterocycles. The number of amides is 3. The zero-order valence-electron chi connectivity index (χ0n) is 21.7. The third-order valence-electron chi connectivity index (χ3n) is 7.06. The van der Waals surface area contributed by atoms with E-state index in [1.54, 1.807) is 24.3 Å². The number of thiazole rings is 1. The van der Waals surface area contributed by atoms with Gasteiger partial charge >= 0.3 is 4.87 Å². The van der Waals surface area contributed by atoms with Gasteiger partial charge in [-0.25, -0.2) is 4.90 Å². The maximum atomic E-state index is 13.9. The van der Waals surface area contributed by atoms with E-state index in [0.717, 1.165) is 22.5 Å². The molecule has 2 aliphatic rings. The number of hydrogen-bond donors (Lipinski definition) is 2. The first-order valence-electron chi connectivity index (χ1n) is 12.7. The van der Waals surface area contributed by atoms with Gasteiger partial charge in [0.2, 0.25) is 11.8 Å². The van der Waals surface area contributed by atoms with Crippen molar-refractivity contribution in [2.45, 2.75) is 30.0 Å². The van der Waals surface area contributed by atoms with Crippen molar-refractivity contribution >= 4 is 52.2 Å². The molecule has 3 unspecified atom stereocenters. The number of carbonyl (C=O) groups is 3. The van der Waals surface area contributed by atoms with E-state index in [1.807, 2.05) is 62.4 Å². The van der Waals surface area contributed by atoms with Crippen LogP contribution >= 0.6 is 23.1 Å². The van der Waals surface area contributed by atoms with E-state index in [1.165, 1.54) is 16.7 Å². The van der Waals surface area contributed by atoms with Gasteiger partial charge in [-0.15, -0.1) is 0 Å². The Balaban J connectivity index is 1.33. The molecule has 3 atom stereocenters. The van der Waals surface area contributed by atoms with Crippen molar-refractivity contribution < 1.29 is 19.1 Å². The number of rotatable bonds is 6. The highest BCUT2D eigenvalue weighted by Crippen LogP contribution is 2.54. The Morgan fingerprint density at radius 3 is 2.33 bits per heavy atom. The first-order chi connectivity index (χ1) is 19.3. The van der Waals surface area contributed by atoms with E-state index in [9.17, 15) is 19.2 Å². The largest absolute Gasteiger partial charge is 0.483 e. The summed E-state index contributed by atoms with van der Waals surface area (Å²) in [5.41, 5.74) is 3.92. The van der Waals surface area contributed by atoms with E-state index in [-0.39, 0.29) is 29.2 Å². The highest BCUT2D eigenvalue weighted by molar-refractivity contribution is 8.00. The lowest BCUT2D eigenvalue weighted by Crippen LogP contribution is -2.32. The minimum atomic E-state index is -0.746. The molecule has 1 saturated heterocycles. The summed E-state index contributed by atoms with van der Waals surface area (Å²) >= 11 is 2.26. The fourth-order valence-corrected chi connectivity index (χ4v) is 7.65. The molecular formula is C30H25N3O5S2. The van der Waals surface area contributed by atoms with E-state index in [4.69, 9.17) is 4.74 Å². The Labute approximate surface area is 238 Å². The van der Waals surface area contributed by atoms with E-state index in [2.05, 4.69) is 10.3 Å². The average molecular weight is 572 g/mol. The van der Waals surface area contributed by atoms with Gasteiger partial charge in [-0.3, -0.25) is 19.2 Å². The number of carbonyl (C=O) groups excluding carboxylic acids is 3. The summed E-state index contributed by atoms with van der Waals surface area (Å²) in [5, 5.41) is 2.69. The number of nitrogens with one attached hydrogen (secondary N) is 2. The molecule has 3 aromatic carbocycles. The number of aromatic amines is 1.